The van der Waals surface area contributed by atoms with Crippen molar-refractivity contribution in [3.8, 4) is 0 Å². The zero-order chi connectivity index (χ0) is 12.7. The highest BCUT2D eigenvalue weighted by Gasteiger charge is 2.15. The lowest BCUT2D eigenvalue weighted by Crippen LogP contribution is -2.40. The van der Waals surface area contributed by atoms with E-state index in [0.29, 0.717) is 0 Å². The number of carbonyl (C=O) groups is 3. The third kappa shape index (κ3) is 6.00. The van der Waals surface area contributed by atoms with Crippen LogP contribution in [0.25, 0.3) is 0 Å². The molecule has 0 aliphatic heterocycles. The molecule has 0 radical (unpaired) electrons. The Morgan fingerprint density at radius 1 is 1.06 bits per heavy atom. The molecule has 0 aromatic rings. The highest BCUT2D eigenvalue weighted by molar-refractivity contribution is 5.81. The highest BCUT2D eigenvalue weighted by atomic mass is 16.2. The van der Waals surface area contributed by atoms with E-state index in [4.69, 9.17) is 5.73 Å². The van der Waals surface area contributed by atoms with Crippen LogP contribution in [0.2, 0.25) is 0 Å². The molecule has 0 saturated heterocycles. The molecule has 6 nitrogen and oxygen atoms in total. The molecule has 92 valence electrons. The van der Waals surface area contributed by atoms with Crippen molar-refractivity contribution in [2.24, 2.45) is 17.6 Å². The van der Waals surface area contributed by atoms with Gasteiger partial charge in [0, 0.05) is 20.0 Å². The summed E-state index contributed by atoms with van der Waals surface area (Å²) in [5.41, 5.74) is 5.05. The molecule has 0 rings (SSSR count). The van der Waals surface area contributed by atoms with Crippen LogP contribution in [-0.2, 0) is 14.4 Å². The van der Waals surface area contributed by atoms with Crippen LogP contribution in [0, 0.1) is 11.8 Å². The first-order valence-electron chi connectivity index (χ1n) is 5.16. The fraction of sp³-hybridized carbons (Fsp3) is 0.700. The Balaban J connectivity index is 3.87. The third-order valence-electron chi connectivity index (χ3n) is 2.17. The minimum Gasteiger partial charge on any atom is -0.369 e. The Kier molecular flexibility index (Phi) is 6.14. The summed E-state index contributed by atoms with van der Waals surface area (Å²) in [4.78, 5) is 32.8. The molecule has 0 bridgehead atoms. The van der Waals surface area contributed by atoms with Gasteiger partial charge in [-0.2, -0.15) is 0 Å². The van der Waals surface area contributed by atoms with E-state index in [9.17, 15) is 14.4 Å². The van der Waals surface area contributed by atoms with E-state index in [1.807, 2.05) is 0 Å². The van der Waals surface area contributed by atoms with Crippen molar-refractivity contribution in [1.82, 2.24) is 10.6 Å². The molecule has 0 aromatic carbocycles. The van der Waals surface area contributed by atoms with Crippen LogP contribution in [0.15, 0.2) is 0 Å². The Hall–Kier alpha value is -1.59. The number of amides is 3. The molecule has 0 unspecified atom stereocenters. The second-order valence-corrected chi connectivity index (χ2v) is 3.89. The van der Waals surface area contributed by atoms with Crippen molar-refractivity contribution in [2.45, 2.75) is 20.8 Å². The maximum absolute atomic E-state index is 11.5. The first-order valence-corrected chi connectivity index (χ1v) is 5.16. The van der Waals surface area contributed by atoms with Crippen LogP contribution in [0.4, 0.5) is 0 Å². The smallest absolute Gasteiger partial charge is 0.224 e. The number of hydrogen-bond acceptors (Lipinski definition) is 3. The maximum atomic E-state index is 11.5. The lowest BCUT2D eigenvalue weighted by molar-refractivity contribution is -0.125. The first kappa shape index (κ1) is 14.4. The Bertz CT molecular complexity index is 278. The Morgan fingerprint density at radius 2 is 1.56 bits per heavy atom. The molecule has 0 aliphatic carbocycles. The molecule has 0 heterocycles. The zero-order valence-corrected chi connectivity index (χ0v) is 9.87. The SMILES string of the molecule is CC(=O)NC[C@H](C)C(=O)NC[C@@H](C)C(N)=O. The molecule has 0 spiro atoms. The standard InChI is InChI=1S/C10H19N3O3/c1-6(9(11)15)4-13-10(16)7(2)5-12-8(3)14/h6-7H,4-5H2,1-3H3,(H2,11,15)(H,12,14)(H,13,16)/t6-,7+/m1/s1. The lowest BCUT2D eigenvalue weighted by Gasteiger charge is -2.14. The van der Waals surface area contributed by atoms with E-state index >= 15 is 0 Å². The van der Waals surface area contributed by atoms with Crippen molar-refractivity contribution in [3.05, 3.63) is 0 Å². The van der Waals surface area contributed by atoms with Gasteiger partial charge >= 0.3 is 0 Å². The van der Waals surface area contributed by atoms with Crippen molar-refractivity contribution in [3.63, 3.8) is 0 Å². The van der Waals surface area contributed by atoms with Gasteiger partial charge in [-0.1, -0.05) is 13.8 Å². The summed E-state index contributed by atoms with van der Waals surface area (Å²) in [5, 5.41) is 5.14. The fourth-order valence-electron chi connectivity index (χ4n) is 0.918. The van der Waals surface area contributed by atoms with Gasteiger partial charge < -0.3 is 16.4 Å². The highest BCUT2D eigenvalue weighted by Crippen LogP contribution is 1.95. The van der Waals surface area contributed by atoms with Crippen LogP contribution < -0.4 is 16.4 Å². The van der Waals surface area contributed by atoms with E-state index in [-0.39, 0.29) is 30.8 Å². The van der Waals surface area contributed by atoms with Crippen LogP contribution in [-0.4, -0.2) is 30.8 Å². The molecule has 0 aliphatic rings. The molecule has 4 N–H and O–H groups in total. The van der Waals surface area contributed by atoms with E-state index in [2.05, 4.69) is 10.6 Å². The lowest BCUT2D eigenvalue weighted by atomic mass is 10.1. The van der Waals surface area contributed by atoms with E-state index in [1.165, 1.54) is 6.92 Å². The maximum Gasteiger partial charge on any atom is 0.224 e. The second kappa shape index (κ2) is 6.81. The van der Waals surface area contributed by atoms with Gasteiger partial charge in [-0.3, -0.25) is 14.4 Å². The van der Waals surface area contributed by atoms with Gasteiger partial charge in [-0.15, -0.1) is 0 Å². The molecular weight excluding hydrogens is 210 g/mol. The Morgan fingerprint density at radius 3 is 2.00 bits per heavy atom. The van der Waals surface area contributed by atoms with Crippen LogP contribution in [0.5, 0.6) is 0 Å². The monoisotopic (exact) mass is 229 g/mol. The molecule has 3 amide bonds. The summed E-state index contributed by atoms with van der Waals surface area (Å²) in [6.45, 7) is 5.23. The summed E-state index contributed by atoms with van der Waals surface area (Å²) in [6, 6.07) is 0. The molecule has 0 aromatic heterocycles. The van der Waals surface area contributed by atoms with Crippen molar-refractivity contribution in [2.75, 3.05) is 13.1 Å². The number of hydrogen-bond donors (Lipinski definition) is 3. The average molecular weight is 229 g/mol. The summed E-state index contributed by atoms with van der Waals surface area (Å²) in [6.07, 6.45) is 0. The molecule has 0 saturated carbocycles. The molecular formula is C10H19N3O3. The van der Waals surface area contributed by atoms with Gasteiger partial charge in [0.25, 0.3) is 0 Å². The number of rotatable bonds is 6. The van der Waals surface area contributed by atoms with Gasteiger partial charge in [0.05, 0.1) is 11.8 Å². The summed E-state index contributed by atoms with van der Waals surface area (Å²) < 4.78 is 0. The normalized spacial score (nSPS) is 13.7. The number of nitrogens with two attached hydrogens (primary N) is 1. The average Bonchev–Trinajstić information content (AvgIpc) is 2.21. The molecule has 0 fully saturated rings. The number of carbonyl (C=O) groups excluding carboxylic acids is 3. The second-order valence-electron chi connectivity index (χ2n) is 3.89. The predicted molar refractivity (Wildman–Crippen MR) is 59.2 cm³/mol. The van der Waals surface area contributed by atoms with E-state index in [0.717, 1.165) is 0 Å². The van der Waals surface area contributed by atoms with Gasteiger partial charge in [0.1, 0.15) is 0 Å². The van der Waals surface area contributed by atoms with Gasteiger partial charge in [0.2, 0.25) is 17.7 Å². The first-order chi connectivity index (χ1) is 7.34. The van der Waals surface area contributed by atoms with Crippen LogP contribution in [0.1, 0.15) is 20.8 Å². The number of nitrogens with one attached hydrogen (secondary N) is 2. The van der Waals surface area contributed by atoms with Gasteiger partial charge in [-0.25, -0.2) is 0 Å². The fourth-order valence-corrected chi connectivity index (χ4v) is 0.918. The predicted octanol–water partition coefficient (Wildman–Crippen LogP) is -1.00. The van der Waals surface area contributed by atoms with Crippen LogP contribution >= 0.6 is 0 Å². The summed E-state index contributed by atoms with van der Waals surface area (Å²) in [5.74, 6) is -1.55. The minimum absolute atomic E-state index is 0.176. The Labute approximate surface area is 94.9 Å². The topological polar surface area (TPSA) is 101 Å². The van der Waals surface area contributed by atoms with Crippen LogP contribution in [0.3, 0.4) is 0 Å². The largest absolute Gasteiger partial charge is 0.369 e. The third-order valence-corrected chi connectivity index (χ3v) is 2.17. The minimum atomic E-state index is -0.449. The number of primary amides is 1. The molecule has 16 heavy (non-hydrogen) atoms. The van der Waals surface area contributed by atoms with Gasteiger partial charge in [0.15, 0.2) is 0 Å². The summed E-state index contributed by atoms with van der Waals surface area (Å²) >= 11 is 0. The quantitative estimate of drug-likeness (QED) is 0.544. The van der Waals surface area contributed by atoms with E-state index < -0.39 is 11.8 Å². The molecule has 2 atom stereocenters. The van der Waals surface area contributed by atoms with Crippen molar-refractivity contribution in [1.29, 1.82) is 0 Å². The molecule has 6 heteroatoms. The van der Waals surface area contributed by atoms with Gasteiger partial charge in [-0.05, 0) is 0 Å². The summed E-state index contributed by atoms with van der Waals surface area (Å²) in [7, 11) is 0. The van der Waals surface area contributed by atoms with Crippen molar-refractivity contribution < 1.29 is 14.4 Å². The zero-order valence-electron chi connectivity index (χ0n) is 9.87. The van der Waals surface area contributed by atoms with E-state index in [1.54, 1.807) is 13.8 Å². The van der Waals surface area contributed by atoms with Crippen molar-refractivity contribution >= 4 is 17.7 Å².